The molecule has 0 amide bonds. The van der Waals surface area contributed by atoms with E-state index in [1.165, 1.54) is 7.11 Å². The van der Waals surface area contributed by atoms with Gasteiger partial charge in [-0.05, 0) is 80.3 Å². The molecule has 2 fully saturated rings. The molecule has 1 N–H and O–H groups in total. The molecule has 0 bridgehead atoms. The summed E-state index contributed by atoms with van der Waals surface area (Å²) in [6.45, 7) is 17.9. The number of Topliss-reactive ketones (excluding diaryl/α,β-unsaturated/α-hetero) is 2. The van der Waals surface area contributed by atoms with Gasteiger partial charge < -0.3 is 43.0 Å². The van der Waals surface area contributed by atoms with Crippen LogP contribution in [-0.2, 0) is 49.3 Å². The zero-order valence-corrected chi connectivity index (χ0v) is 37.7. The first-order valence-electron chi connectivity index (χ1n) is 21.7. The van der Waals surface area contributed by atoms with Crippen molar-refractivity contribution in [2.75, 3.05) is 34.4 Å². The van der Waals surface area contributed by atoms with Gasteiger partial charge in [0.15, 0.2) is 12.1 Å². The topological polar surface area (TPSA) is 148 Å². The lowest BCUT2D eigenvalue weighted by Gasteiger charge is -2.47. The summed E-state index contributed by atoms with van der Waals surface area (Å²) < 4.78 is 40.7. The lowest BCUT2D eigenvalue weighted by molar-refractivity contribution is -0.295. The molecule has 0 saturated carbocycles. The van der Waals surface area contributed by atoms with Crippen LogP contribution in [0.5, 0.6) is 0 Å². The number of ether oxygens (including phenoxy) is 6. The van der Waals surface area contributed by atoms with E-state index in [0.717, 1.165) is 24.2 Å². The fraction of sp³-hybridized carbons (Fsp3) is 0.739. The van der Waals surface area contributed by atoms with Gasteiger partial charge in [0.25, 0.3) is 0 Å². The number of carbonyl (C=O) groups is 3. The lowest BCUT2D eigenvalue weighted by atomic mass is 9.74. The van der Waals surface area contributed by atoms with Gasteiger partial charge in [-0.15, -0.1) is 0 Å². The van der Waals surface area contributed by atoms with E-state index in [1.54, 1.807) is 13.8 Å². The van der Waals surface area contributed by atoms with E-state index in [1.807, 2.05) is 110 Å². The number of aliphatic hydroxyl groups excluding tert-OH is 1. The SMILES string of the molecule is CCCO[C@@]1(C)C(OCCCCn2cnc(-c3ccccc3)c2)[C@H](C)C(=O)[C@H](C)C[C@](C)(OC)[C@H](O[C@@H]2O[C@H](C)C[C@H](N(C)C)[C@H]2O)[C@@H](C)C(=O)[C@@H](C)C(=O)O[C@H]1CC. The van der Waals surface area contributed by atoms with Gasteiger partial charge in [0.1, 0.15) is 29.5 Å². The molecular weight excluding hydrogens is 755 g/mol. The minimum absolute atomic E-state index is 0.0870. The number of rotatable bonds is 15. The first-order chi connectivity index (χ1) is 27.9. The van der Waals surface area contributed by atoms with Crippen molar-refractivity contribution in [3.63, 3.8) is 0 Å². The number of likely N-dealkylation sites (N-methyl/N-ethyl adjacent to an activating group) is 1. The molecule has 4 rings (SSSR count). The van der Waals surface area contributed by atoms with Gasteiger partial charge in [0.2, 0.25) is 0 Å². The second-order valence-electron chi connectivity index (χ2n) is 17.6. The van der Waals surface area contributed by atoms with Crippen molar-refractivity contribution in [2.24, 2.45) is 23.7 Å². The molecule has 1 aromatic carbocycles. The number of methoxy groups -OCH3 is 1. The van der Waals surface area contributed by atoms with Crippen molar-refractivity contribution >= 4 is 17.5 Å². The molecule has 2 aliphatic heterocycles. The van der Waals surface area contributed by atoms with Crippen molar-refractivity contribution in [3.8, 4) is 11.3 Å². The van der Waals surface area contributed by atoms with Crippen LogP contribution in [0, 0.1) is 23.7 Å². The molecule has 13 nitrogen and oxygen atoms in total. The number of esters is 1. The smallest absolute Gasteiger partial charge is 0.316 e. The lowest BCUT2D eigenvalue weighted by Crippen LogP contribution is -2.60. The van der Waals surface area contributed by atoms with Gasteiger partial charge in [-0.3, -0.25) is 14.4 Å². The number of imidazole rings is 1. The maximum absolute atomic E-state index is 14.8. The van der Waals surface area contributed by atoms with Crippen LogP contribution in [-0.4, -0.2) is 126 Å². The first-order valence-corrected chi connectivity index (χ1v) is 21.7. The number of aryl methyl sites for hydroxylation is 1. The highest BCUT2D eigenvalue weighted by Gasteiger charge is 2.53. The Hall–Kier alpha value is -3.04. The molecule has 1 aromatic heterocycles. The molecule has 0 radical (unpaired) electrons. The van der Waals surface area contributed by atoms with Crippen molar-refractivity contribution in [3.05, 3.63) is 42.9 Å². The summed E-state index contributed by atoms with van der Waals surface area (Å²) in [5, 5.41) is 11.5. The third-order valence-corrected chi connectivity index (χ3v) is 12.7. The van der Waals surface area contributed by atoms with Gasteiger partial charge >= 0.3 is 5.97 Å². The van der Waals surface area contributed by atoms with E-state index in [2.05, 4.69) is 9.55 Å². The molecule has 332 valence electrons. The number of cyclic esters (lactones) is 1. The zero-order chi connectivity index (χ0) is 43.7. The normalized spacial score (nSPS) is 35.4. The molecule has 59 heavy (non-hydrogen) atoms. The number of aliphatic hydroxyl groups is 1. The molecule has 13 atom stereocenters. The van der Waals surface area contributed by atoms with E-state index in [9.17, 15) is 19.5 Å². The molecular formula is C46H73N3O10. The minimum Gasteiger partial charge on any atom is -0.459 e. The predicted molar refractivity (Wildman–Crippen MR) is 225 cm³/mol. The fourth-order valence-corrected chi connectivity index (χ4v) is 9.05. The van der Waals surface area contributed by atoms with Gasteiger partial charge in [-0.2, -0.15) is 0 Å². The Kier molecular flexibility index (Phi) is 17.8. The third-order valence-electron chi connectivity index (χ3n) is 12.7. The Morgan fingerprint density at radius 3 is 2.25 bits per heavy atom. The standard InChI is InChI=1S/C46H73N3O10/c1-13-23-56-46(9)37(14-2)58-43(53)33(7)39(51)32(6)41(59-44-40(52)36(48(10)11)25-30(4)57-44)45(8,54-12)26-29(3)38(50)31(5)42(46)55-24-19-18-22-49-27-35(47-28-49)34-20-16-15-17-21-34/h15-17,20-21,27-33,36-37,40-42,44,52H,13-14,18-19,22-26H2,1-12H3/t29-,30-,31-,32+,33-,36+,37+,40-,41-,42?,44+,45+,46-/m1/s1. The monoisotopic (exact) mass is 828 g/mol. The first kappa shape index (κ1) is 48.6. The van der Waals surface area contributed by atoms with Crippen LogP contribution < -0.4 is 0 Å². The van der Waals surface area contributed by atoms with Crippen LogP contribution in [0.1, 0.15) is 101 Å². The van der Waals surface area contributed by atoms with Crippen LogP contribution in [0.25, 0.3) is 11.3 Å². The van der Waals surface area contributed by atoms with Crippen molar-refractivity contribution < 1.29 is 47.9 Å². The van der Waals surface area contributed by atoms with Crippen LogP contribution in [0.3, 0.4) is 0 Å². The predicted octanol–water partition coefficient (Wildman–Crippen LogP) is 6.53. The molecule has 3 heterocycles. The van der Waals surface area contributed by atoms with E-state index in [-0.39, 0.29) is 24.3 Å². The Bertz CT molecular complexity index is 1640. The van der Waals surface area contributed by atoms with Gasteiger partial charge in [0, 0.05) is 62.4 Å². The quantitative estimate of drug-likeness (QED) is 0.118. The van der Waals surface area contributed by atoms with Crippen LogP contribution in [0.15, 0.2) is 42.9 Å². The Balaban J connectivity index is 1.66. The van der Waals surface area contributed by atoms with E-state index >= 15 is 0 Å². The van der Waals surface area contributed by atoms with Gasteiger partial charge in [0.05, 0.1) is 35.9 Å². The van der Waals surface area contributed by atoms with E-state index < -0.39 is 77.3 Å². The number of carbonyl (C=O) groups excluding carboxylic acids is 3. The van der Waals surface area contributed by atoms with Crippen molar-refractivity contribution in [2.45, 2.75) is 161 Å². The highest BCUT2D eigenvalue weighted by molar-refractivity contribution is 6.00. The molecule has 0 spiro atoms. The van der Waals surface area contributed by atoms with Gasteiger partial charge in [-0.1, -0.05) is 65.0 Å². The number of hydrogen-bond donors (Lipinski definition) is 1. The average molecular weight is 828 g/mol. The van der Waals surface area contributed by atoms with Crippen LogP contribution in [0.4, 0.5) is 0 Å². The number of ketones is 2. The van der Waals surface area contributed by atoms with Crippen LogP contribution in [0.2, 0.25) is 0 Å². The minimum atomic E-state index is -1.23. The summed E-state index contributed by atoms with van der Waals surface area (Å²) in [7, 11) is 5.30. The Morgan fingerprint density at radius 1 is 0.949 bits per heavy atom. The highest BCUT2D eigenvalue weighted by Crippen LogP contribution is 2.40. The Morgan fingerprint density at radius 2 is 1.63 bits per heavy atom. The maximum Gasteiger partial charge on any atom is 0.316 e. The van der Waals surface area contributed by atoms with E-state index in [4.69, 9.17) is 28.4 Å². The molecule has 1 unspecified atom stereocenters. The largest absolute Gasteiger partial charge is 0.459 e. The average Bonchev–Trinajstić information content (AvgIpc) is 3.70. The number of benzene rings is 1. The number of hydrogen-bond acceptors (Lipinski definition) is 12. The molecule has 2 aromatic rings. The molecule has 13 heteroatoms. The highest BCUT2D eigenvalue weighted by atomic mass is 16.7. The summed E-state index contributed by atoms with van der Waals surface area (Å²) in [5.41, 5.74) is -0.492. The molecule has 0 aliphatic carbocycles. The third kappa shape index (κ3) is 11.7. The molecule has 2 aliphatic rings. The van der Waals surface area contributed by atoms with Crippen LogP contribution >= 0.6 is 0 Å². The summed E-state index contributed by atoms with van der Waals surface area (Å²) >= 11 is 0. The zero-order valence-electron chi connectivity index (χ0n) is 37.7. The number of nitrogens with zero attached hydrogens (tertiary/aromatic N) is 3. The van der Waals surface area contributed by atoms with Gasteiger partial charge in [-0.25, -0.2) is 4.98 Å². The number of aromatic nitrogens is 2. The summed E-state index contributed by atoms with van der Waals surface area (Å²) in [6.07, 6.45) is 2.16. The Labute approximate surface area is 352 Å². The maximum atomic E-state index is 14.8. The fourth-order valence-electron chi connectivity index (χ4n) is 9.05. The molecule has 2 saturated heterocycles. The summed E-state index contributed by atoms with van der Waals surface area (Å²) in [4.78, 5) is 49.7. The summed E-state index contributed by atoms with van der Waals surface area (Å²) in [6, 6.07) is 9.78. The summed E-state index contributed by atoms with van der Waals surface area (Å²) in [5.74, 6) is -4.56. The number of unbranched alkanes of at least 4 members (excludes halogenated alkanes) is 1. The van der Waals surface area contributed by atoms with Crippen molar-refractivity contribution in [1.29, 1.82) is 0 Å². The van der Waals surface area contributed by atoms with Crippen molar-refractivity contribution in [1.82, 2.24) is 14.5 Å². The van der Waals surface area contributed by atoms with E-state index in [0.29, 0.717) is 38.9 Å². The second kappa shape index (κ2) is 21.7. The second-order valence-corrected chi connectivity index (χ2v) is 17.6.